The summed E-state index contributed by atoms with van der Waals surface area (Å²) in [5.74, 6) is 1.88. The van der Waals surface area contributed by atoms with E-state index >= 15 is 0 Å². The maximum absolute atomic E-state index is 12.9. The second-order valence-electron chi connectivity index (χ2n) is 8.27. The van der Waals surface area contributed by atoms with Crippen LogP contribution in [-0.4, -0.2) is 23.5 Å². The number of benzene rings is 2. The van der Waals surface area contributed by atoms with Gasteiger partial charge < -0.3 is 9.47 Å². The molecule has 1 fully saturated rings. The summed E-state index contributed by atoms with van der Waals surface area (Å²) >= 11 is 0. The molecule has 0 atom stereocenters. The van der Waals surface area contributed by atoms with E-state index in [0.29, 0.717) is 29.8 Å². The number of nitrogens with zero attached hydrogens (tertiary/aromatic N) is 1. The number of carbonyl (C=O) groups is 1. The van der Waals surface area contributed by atoms with Gasteiger partial charge in [0.25, 0.3) is 0 Å². The highest BCUT2D eigenvalue weighted by atomic mass is 16.5. The Kier molecular flexibility index (Phi) is 4.88. The van der Waals surface area contributed by atoms with E-state index in [-0.39, 0.29) is 5.78 Å². The molecule has 0 saturated heterocycles. The lowest BCUT2D eigenvalue weighted by molar-refractivity contribution is 0.0394. The third kappa shape index (κ3) is 3.46. The van der Waals surface area contributed by atoms with Gasteiger partial charge in [0.05, 0.1) is 11.1 Å². The number of rotatable bonds is 3. The Bertz CT molecular complexity index is 955. The molecular weight excluding hydrogens is 362 g/mol. The van der Waals surface area contributed by atoms with E-state index in [4.69, 9.17) is 9.47 Å². The number of aryl methyl sites for hydroxylation is 1. The van der Waals surface area contributed by atoms with Gasteiger partial charge in [-0.2, -0.15) is 0 Å². The van der Waals surface area contributed by atoms with E-state index in [1.165, 1.54) is 37.7 Å². The molecule has 0 unspecified atom stereocenters. The number of hydrogen-bond acceptors (Lipinski definition) is 4. The van der Waals surface area contributed by atoms with Gasteiger partial charge >= 0.3 is 0 Å². The van der Waals surface area contributed by atoms with Crippen molar-refractivity contribution in [2.45, 2.75) is 58.0 Å². The van der Waals surface area contributed by atoms with Crippen molar-refractivity contribution in [2.24, 2.45) is 0 Å². The van der Waals surface area contributed by atoms with Gasteiger partial charge in [0.1, 0.15) is 18.2 Å². The molecule has 4 nitrogen and oxygen atoms in total. The fourth-order valence-electron chi connectivity index (χ4n) is 4.66. The number of ether oxygens (including phenoxy) is 2. The van der Waals surface area contributed by atoms with Crippen molar-refractivity contribution in [3.8, 4) is 11.5 Å². The predicted octanol–water partition coefficient (Wildman–Crippen LogP) is 5.35. The maximum atomic E-state index is 12.9. The van der Waals surface area contributed by atoms with Crippen LogP contribution in [0.3, 0.4) is 0 Å². The minimum absolute atomic E-state index is 0.0443. The highest BCUT2D eigenvalue weighted by molar-refractivity contribution is 6.15. The normalized spacial score (nSPS) is 20.9. The number of allylic oxidation sites excluding steroid dienone is 1. The van der Waals surface area contributed by atoms with Crippen LogP contribution < -0.4 is 9.47 Å². The fourth-order valence-corrected chi connectivity index (χ4v) is 4.66. The Hall–Kier alpha value is -2.59. The number of fused-ring (bicyclic) bond motifs is 3. The van der Waals surface area contributed by atoms with Gasteiger partial charge in [-0.25, -0.2) is 0 Å². The predicted molar refractivity (Wildman–Crippen MR) is 113 cm³/mol. The SMILES string of the molecule is CCc1ccc(/C=C2\Oc3c(ccc4c3CN(C3CCCCC3)CO4)C2=O)cc1. The summed E-state index contributed by atoms with van der Waals surface area (Å²) in [6.45, 7) is 3.54. The summed E-state index contributed by atoms with van der Waals surface area (Å²) in [5.41, 5.74) is 3.92. The van der Waals surface area contributed by atoms with Crippen molar-refractivity contribution in [1.29, 1.82) is 0 Å². The van der Waals surface area contributed by atoms with Crippen molar-refractivity contribution in [1.82, 2.24) is 4.90 Å². The Balaban J connectivity index is 1.42. The van der Waals surface area contributed by atoms with E-state index in [2.05, 4.69) is 24.0 Å². The lowest BCUT2D eigenvalue weighted by atomic mass is 9.93. The Labute approximate surface area is 172 Å². The van der Waals surface area contributed by atoms with Gasteiger partial charge in [0.2, 0.25) is 5.78 Å². The van der Waals surface area contributed by atoms with Crippen molar-refractivity contribution in [3.63, 3.8) is 0 Å². The Morgan fingerprint density at radius 1 is 1.07 bits per heavy atom. The second-order valence-corrected chi connectivity index (χ2v) is 8.27. The van der Waals surface area contributed by atoms with Crippen molar-refractivity contribution >= 4 is 11.9 Å². The molecular formula is C25H27NO3. The number of hydrogen-bond donors (Lipinski definition) is 0. The highest BCUT2D eigenvalue weighted by Gasteiger charge is 2.35. The zero-order valence-electron chi connectivity index (χ0n) is 16.9. The van der Waals surface area contributed by atoms with Crippen LogP contribution in [0.2, 0.25) is 0 Å². The third-order valence-electron chi connectivity index (χ3n) is 6.42. The molecule has 2 aromatic carbocycles. The first-order valence-corrected chi connectivity index (χ1v) is 10.8. The van der Waals surface area contributed by atoms with Crippen molar-refractivity contribution in [2.75, 3.05) is 6.73 Å². The number of carbonyl (C=O) groups excluding carboxylic acids is 1. The Morgan fingerprint density at radius 3 is 2.62 bits per heavy atom. The number of ketones is 1. The first-order chi connectivity index (χ1) is 14.2. The van der Waals surface area contributed by atoms with Gasteiger partial charge in [0, 0.05) is 12.6 Å². The molecule has 150 valence electrons. The van der Waals surface area contributed by atoms with Gasteiger partial charge in [-0.05, 0) is 48.6 Å². The first kappa shape index (κ1) is 18.4. The molecule has 0 spiro atoms. The van der Waals surface area contributed by atoms with E-state index in [9.17, 15) is 4.79 Å². The lowest BCUT2D eigenvalue weighted by Crippen LogP contribution is -2.41. The molecule has 0 amide bonds. The van der Waals surface area contributed by atoms with E-state index < -0.39 is 0 Å². The molecule has 0 radical (unpaired) electrons. The molecule has 4 heteroatoms. The average Bonchev–Trinajstić information content (AvgIpc) is 3.10. The van der Waals surface area contributed by atoms with Crippen LogP contribution in [0, 0.1) is 0 Å². The van der Waals surface area contributed by atoms with E-state index in [0.717, 1.165) is 29.8 Å². The summed E-state index contributed by atoms with van der Waals surface area (Å²) < 4.78 is 12.2. The summed E-state index contributed by atoms with van der Waals surface area (Å²) in [7, 11) is 0. The summed E-state index contributed by atoms with van der Waals surface area (Å²) in [4.78, 5) is 15.3. The molecule has 2 aromatic rings. The summed E-state index contributed by atoms with van der Waals surface area (Å²) in [5, 5.41) is 0. The molecule has 1 saturated carbocycles. The maximum Gasteiger partial charge on any atom is 0.231 e. The Morgan fingerprint density at radius 2 is 1.86 bits per heavy atom. The van der Waals surface area contributed by atoms with Crippen LogP contribution in [0.5, 0.6) is 11.5 Å². The van der Waals surface area contributed by atoms with Gasteiger partial charge in [-0.15, -0.1) is 0 Å². The molecule has 1 aliphatic carbocycles. The van der Waals surface area contributed by atoms with Crippen molar-refractivity contribution < 1.29 is 14.3 Å². The molecule has 29 heavy (non-hydrogen) atoms. The molecule has 0 bridgehead atoms. The molecule has 2 heterocycles. The summed E-state index contributed by atoms with van der Waals surface area (Å²) in [6.07, 6.45) is 9.22. The monoisotopic (exact) mass is 389 g/mol. The zero-order chi connectivity index (χ0) is 19.8. The smallest absolute Gasteiger partial charge is 0.231 e. The van der Waals surface area contributed by atoms with E-state index in [1.54, 1.807) is 0 Å². The van der Waals surface area contributed by atoms with Crippen molar-refractivity contribution in [3.05, 3.63) is 64.4 Å². The molecule has 2 aliphatic heterocycles. The van der Waals surface area contributed by atoms with Crippen LogP contribution >= 0.6 is 0 Å². The first-order valence-electron chi connectivity index (χ1n) is 10.8. The standard InChI is InChI=1S/C25H27NO3/c1-2-17-8-10-18(11-9-17)14-23-24(27)20-12-13-22-21(25(20)29-23)15-26(16-28-22)19-6-4-3-5-7-19/h8-14,19H,2-7,15-16H2,1H3/b23-14-. The average molecular weight is 389 g/mol. The highest BCUT2D eigenvalue weighted by Crippen LogP contribution is 2.43. The van der Waals surface area contributed by atoms with E-state index in [1.807, 2.05) is 30.3 Å². The number of Topliss-reactive ketones (excluding diaryl/α,β-unsaturated/α-hetero) is 1. The molecule has 0 N–H and O–H groups in total. The topological polar surface area (TPSA) is 38.8 Å². The second kappa shape index (κ2) is 7.68. The molecule has 5 rings (SSSR count). The van der Waals surface area contributed by atoms with Crippen LogP contribution in [0.1, 0.15) is 66.1 Å². The summed E-state index contributed by atoms with van der Waals surface area (Å²) in [6, 6.07) is 12.6. The van der Waals surface area contributed by atoms with Gasteiger partial charge in [-0.1, -0.05) is 50.5 Å². The minimum Gasteiger partial charge on any atom is -0.478 e. The quantitative estimate of drug-likeness (QED) is 0.664. The van der Waals surface area contributed by atoms with Crippen LogP contribution in [0.4, 0.5) is 0 Å². The van der Waals surface area contributed by atoms with Crippen LogP contribution in [0.25, 0.3) is 6.08 Å². The van der Waals surface area contributed by atoms with Gasteiger partial charge in [0.15, 0.2) is 5.76 Å². The van der Waals surface area contributed by atoms with Crippen LogP contribution in [0.15, 0.2) is 42.2 Å². The molecule has 3 aliphatic rings. The minimum atomic E-state index is -0.0443. The van der Waals surface area contributed by atoms with Gasteiger partial charge in [-0.3, -0.25) is 9.69 Å². The zero-order valence-corrected chi connectivity index (χ0v) is 16.9. The largest absolute Gasteiger partial charge is 0.478 e. The van der Waals surface area contributed by atoms with Crippen LogP contribution in [-0.2, 0) is 13.0 Å². The lowest BCUT2D eigenvalue weighted by Gasteiger charge is -2.37. The third-order valence-corrected chi connectivity index (χ3v) is 6.42. The fraction of sp³-hybridized carbons (Fsp3) is 0.400. The molecule has 0 aromatic heterocycles.